The number of rotatable bonds is 8. The van der Waals surface area contributed by atoms with Crippen LogP contribution in [0.1, 0.15) is 22.3 Å². The highest BCUT2D eigenvalue weighted by Crippen LogP contribution is 2.36. The maximum atomic E-state index is 12.1. The van der Waals surface area contributed by atoms with Crippen molar-refractivity contribution in [2.75, 3.05) is 20.8 Å². The molecule has 0 aliphatic carbocycles. The van der Waals surface area contributed by atoms with Crippen LogP contribution in [0.3, 0.4) is 0 Å². The summed E-state index contributed by atoms with van der Waals surface area (Å²) < 4.78 is 15.9. The van der Waals surface area contributed by atoms with Gasteiger partial charge in [0.15, 0.2) is 18.1 Å². The molecule has 154 valence electrons. The van der Waals surface area contributed by atoms with Gasteiger partial charge in [-0.25, -0.2) is 10.2 Å². The molecule has 7 nitrogen and oxygen atoms in total. The maximum absolute atomic E-state index is 12.1. The Kier molecular flexibility index (Phi) is 8.21. The number of nitrogens with one attached hydrogen (secondary N) is 1. The van der Waals surface area contributed by atoms with E-state index in [-0.39, 0.29) is 18.9 Å². The third kappa shape index (κ3) is 6.60. The molecule has 0 unspecified atom stereocenters. The maximum Gasteiger partial charge on any atom is 0.343 e. The molecule has 0 aliphatic heterocycles. The normalized spacial score (nSPS) is 10.7. The SMILES string of the molecule is COC(=O)COc1c(Br)cc(/C=N/NC(=O)Cc2ccc(C)cc2C)cc1OC. The van der Waals surface area contributed by atoms with Crippen molar-refractivity contribution >= 4 is 34.0 Å². The van der Waals surface area contributed by atoms with Gasteiger partial charge in [0.1, 0.15) is 0 Å². The van der Waals surface area contributed by atoms with E-state index < -0.39 is 5.97 Å². The quantitative estimate of drug-likeness (QED) is 0.369. The predicted molar refractivity (Wildman–Crippen MR) is 114 cm³/mol. The van der Waals surface area contributed by atoms with E-state index >= 15 is 0 Å². The van der Waals surface area contributed by atoms with Crippen LogP contribution in [-0.2, 0) is 20.7 Å². The van der Waals surface area contributed by atoms with Crippen LogP contribution in [0.25, 0.3) is 0 Å². The van der Waals surface area contributed by atoms with Gasteiger partial charge in [0.25, 0.3) is 0 Å². The molecule has 2 rings (SSSR count). The fraction of sp³-hybridized carbons (Fsp3) is 0.286. The summed E-state index contributed by atoms with van der Waals surface area (Å²) in [5.74, 6) is 0.0636. The molecular weight excluding hydrogens is 440 g/mol. The van der Waals surface area contributed by atoms with E-state index in [1.54, 1.807) is 12.1 Å². The van der Waals surface area contributed by atoms with E-state index in [1.807, 2.05) is 32.0 Å². The second-order valence-corrected chi connectivity index (χ2v) is 7.15. The van der Waals surface area contributed by atoms with Crippen molar-refractivity contribution in [2.24, 2.45) is 5.10 Å². The van der Waals surface area contributed by atoms with Gasteiger partial charge < -0.3 is 14.2 Å². The van der Waals surface area contributed by atoms with Crippen LogP contribution < -0.4 is 14.9 Å². The van der Waals surface area contributed by atoms with E-state index in [1.165, 1.54) is 20.4 Å². The fourth-order valence-electron chi connectivity index (χ4n) is 2.58. The highest BCUT2D eigenvalue weighted by Gasteiger charge is 2.13. The van der Waals surface area contributed by atoms with Crippen molar-refractivity contribution in [2.45, 2.75) is 20.3 Å². The van der Waals surface area contributed by atoms with Gasteiger partial charge in [-0.3, -0.25) is 4.79 Å². The Labute approximate surface area is 178 Å². The fourth-order valence-corrected chi connectivity index (χ4v) is 3.15. The monoisotopic (exact) mass is 462 g/mol. The summed E-state index contributed by atoms with van der Waals surface area (Å²) in [5.41, 5.74) is 6.38. The van der Waals surface area contributed by atoms with E-state index in [0.717, 1.165) is 16.7 Å². The summed E-state index contributed by atoms with van der Waals surface area (Å²) in [6.45, 7) is 3.75. The molecule has 0 atom stereocenters. The van der Waals surface area contributed by atoms with Crippen molar-refractivity contribution < 1.29 is 23.8 Å². The number of carbonyl (C=O) groups excluding carboxylic acids is 2. The van der Waals surface area contributed by atoms with Crippen LogP contribution in [0, 0.1) is 13.8 Å². The zero-order valence-corrected chi connectivity index (χ0v) is 18.3. The van der Waals surface area contributed by atoms with E-state index in [0.29, 0.717) is 21.5 Å². The Morgan fingerprint density at radius 3 is 2.59 bits per heavy atom. The third-order valence-electron chi connectivity index (χ3n) is 4.07. The molecule has 0 saturated carbocycles. The molecule has 1 N–H and O–H groups in total. The Hall–Kier alpha value is -2.87. The first-order valence-electron chi connectivity index (χ1n) is 8.79. The number of carbonyl (C=O) groups is 2. The lowest BCUT2D eigenvalue weighted by molar-refractivity contribution is -0.143. The summed E-state index contributed by atoms with van der Waals surface area (Å²) in [6, 6.07) is 9.38. The number of esters is 1. The first-order valence-corrected chi connectivity index (χ1v) is 9.58. The smallest absolute Gasteiger partial charge is 0.343 e. The number of hydrogen-bond acceptors (Lipinski definition) is 6. The van der Waals surface area contributed by atoms with Crippen molar-refractivity contribution in [3.05, 3.63) is 57.1 Å². The molecule has 1 amide bonds. The number of halogens is 1. The molecule has 8 heteroatoms. The highest BCUT2D eigenvalue weighted by molar-refractivity contribution is 9.10. The molecular formula is C21H23BrN2O5. The number of nitrogens with zero attached hydrogens (tertiary/aromatic N) is 1. The van der Waals surface area contributed by atoms with Crippen LogP contribution >= 0.6 is 15.9 Å². The summed E-state index contributed by atoms with van der Waals surface area (Å²) in [5, 5.41) is 4.00. The van der Waals surface area contributed by atoms with Gasteiger partial charge in [-0.2, -0.15) is 5.10 Å². The van der Waals surface area contributed by atoms with Gasteiger partial charge in [-0.1, -0.05) is 23.8 Å². The Morgan fingerprint density at radius 1 is 1.17 bits per heavy atom. The number of hydrogen-bond donors (Lipinski definition) is 1. The van der Waals surface area contributed by atoms with Crippen molar-refractivity contribution in [1.29, 1.82) is 0 Å². The molecule has 0 radical (unpaired) electrons. The molecule has 0 fully saturated rings. The number of methoxy groups -OCH3 is 2. The second kappa shape index (κ2) is 10.6. The van der Waals surface area contributed by atoms with Crippen molar-refractivity contribution in [3.8, 4) is 11.5 Å². The van der Waals surface area contributed by atoms with Gasteiger partial charge in [0.05, 0.1) is 31.3 Å². The summed E-state index contributed by atoms with van der Waals surface area (Å²) in [7, 11) is 2.77. The first kappa shape index (κ1) is 22.4. The second-order valence-electron chi connectivity index (χ2n) is 6.30. The van der Waals surface area contributed by atoms with Crippen LogP contribution in [0.15, 0.2) is 39.9 Å². The van der Waals surface area contributed by atoms with Gasteiger partial charge >= 0.3 is 5.97 Å². The number of hydrazone groups is 1. The standard InChI is InChI=1S/C21H23BrN2O5/c1-13-5-6-16(14(2)7-13)10-19(25)24-23-11-15-8-17(22)21(18(9-15)27-3)29-12-20(26)28-4/h5-9,11H,10,12H2,1-4H3,(H,24,25)/b23-11+. The molecule has 0 saturated heterocycles. The van der Waals surface area contributed by atoms with Crippen molar-refractivity contribution in [3.63, 3.8) is 0 Å². The lowest BCUT2D eigenvalue weighted by Gasteiger charge is -2.12. The zero-order chi connectivity index (χ0) is 21.4. The van der Waals surface area contributed by atoms with E-state index in [9.17, 15) is 9.59 Å². The lowest BCUT2D eigenvalue weighted by atomic mass is 10.0. The van der Waals surface area contributed by atoms with Gasteiger partial charge in [-0.05, 0) is 58.6 Å². The number of aryl methyl sites for hydroxylation is 2. The summed E-state index contributed by atoms with van der Waals surface area (Å²) >= 11 is 3.38. The van der Waals surface area contributed by atoms with Gasteiger partial charge in [-0.15, -0.1) is 0 Å². The predicted octanol–water partition coefficient (Wildman–Crippen LogP) is 3.32. The average Bonchev–Trinajstić information content (AvgIpc) is 2.68. The first-order chi connectivity index (χ1) is 13.8. The van der Waals surface area contributed by atoms with Crippen LogP contribution in [0.2, 0.25) is 0 Å². The van der Waals surface area contributed by atoms with Crippen LogP contribution in [0.4, 0.5) is 0 Å². The molecule has 0 spiro atoms. The Bertz CT molecular complexity index is 928. The largest absolute Gasteiger partial charge is 0.493 e. The highest BCUT2D eigenvalue weighted by atomic mass is 79.9. The van der Waals surface area contributed by atoms with Crippen molar-refractivity contribution in [1.82, 2.24) is 5.43 Å². The molecule has 2 aromatic carbocycles. The molecule has 0 bridgehead atoms. The third-order valence-corrected chi connectivity index (χ3v) is 4.65. The summed E-state index contributed by atoms with van der Waals surface area (Å²) in [4.78, 5) is 23.4. The molecule has 0 aromatic heterocycles. The van der Waals surface area contributed by atoms with E-state index in [4.69, 9.17) is 9.47 Å². The minimum Gasteiger partial charge on any atom is -0.493 e. The minimum absolute atomic E-state index is 0.211. The van der Waals surface area contributed by atoms with Gasteiger partial charge in [0.2, 0.25) is 5.91 Å². The molecule has 29 heavy (non-hydrogen) atoms. The van der Waals surface area contributed by atoms with E-state index in [2.05, 4.69) is 31.2 Å². The van der Waals surface area contributed by atoms with Gasteiger partial charge in [0, 0.05) is 0 Å². The van der Waals surface area contributed by atoms with Crippen LogP contribution in [-0.4, -0.2) is 38.9 Å². The molecule has 0 heterocycles. The Balaban J connectivity index is 2.03. The zero-order valence-electron chi connectivity index (χ0n) is 16.7. The number of amides is 1. The lowest BCUT2D eigenvalue weighted by Crippen LogP contribution is -2.20. The number of benzene rings is 2. The molecule has 0 aliphatic rings. The topological polar surface area (TPSA) is 86.2 Å². The molecule has 2 aromatic rings. The van der Waals surface area contributed by atoms with Crippen LogP contribution in [0.5, 0.6) is 11.5 Å². The Morgan fingerprint density at radius 2 is 1.93 bits per heavy atom. The number of ether oxygens (including phenoxy) is 3. The minimum atomic E-state index is -0.504. The average molecular weight is 463 g/mol. The summed E-state index contributed by atoms with van der Waals surface area (Å²) in [6.07, 6.45) is 1.74.